The first-order valence-electron chi connectivity index (χ1n) is 4.47. The second-order valence-corrected chi connectivity index (χ2v) is 4.95. The van der Waals surface area contributed by atoms with Gasteiger partial charge in [-0.25, -0.2) is 0 Å². The molecule has 0 aliphatic carbocycles. The smallest absolute Gasteiger partial charge is 0.114 e. The van der Waals surface area contributed by atoms with Gasteiger partial charge in [-0.1, -0.05) is 41.4 Å². The highest BCUT2D eigenvalue weighted by atomic mass is 35.5. The number of thiophene rings is 1. The number of nitriles is 1. The maximum Gasteiger partial charge on any atom is 0.114 e. The number of hydrogen-bond donors (Lipinski definition) is 0. The molecule has 0 saturated carbocycles. The zero-order valence-electron chi connectivity index (χ0n) is 8.12. The summed E-state index contributed by atoms with van der Waals surface area (Å²) in [5.74, 6) is 0. The molecule has 1 heterocycles. The maximum absolute atomic E-state index is 8.95. The number of hydrogen-bond acceptors (Lipinski definition) is 2. The van der Waals surface area contributed by atoms with Crippen LogP contribution in [0.4, 0.5) is 0 Å². The van der Waals surface area contributed by atoms with Gasteiger partial charge in [0.25, 0.3) is 0 Å². The molecule has 0 fully saturated rings. The zero-order chi connectivity index (χ0) is 10.8. The van der Waals surface area contributed by atoms with Gasteiger partial charge in [-0.15, -0.1) is 11.3 Å². The van der Waals surface area contributed by atoms with Gasteiger partial charge in [0, 0.05) is 5.56 Å². The Labute approximate surface area is 97.6 Å². The second-order valence-electron chi connectivity index (χ2n) is 3.27. The first kappa shape index (κ1) is 10.2. The van der Waals surface area contributed by atoms with Crippen molar-refractivity contribution in [1.29, 1.82) is 5.26 Å². The van der Waals surface area contributed by atoms with Gasteiger partial charge in [0.05, 0.1) is 4.34 Å². The number of halogens is 1. The lowest BCUT2D eigenvalue weighted by molar-refractivity contribution is 1.47. The highest BCUT2D eigenvalue weighted by Gasteiger charge is 2.08. The van der Waals surface area contributed by atoms with Crippen molar-refractivity contribution in [3.05, 3.63) is 45.1 Å². The third kappa shape index (κ3) is 2.04. The quantitative estimate of drug-likeness (QED) is 0.723. The molecule has 0 spiro atoms. The van der Waals surface area contributed by atoms with Gasteiger partial charge in [-0.2, -0.15) is 5.26 Å². The fraction of sp³-hybridized carbons (Fsp3) is 0.0833. The lowest BCUT2D eigenvalue weighted by atomic mass is 10.1. The minimum absolute atomic E-state index is 0.655. The van der Waals surface area contributed by atoms with Gasteiger partial charge < -0.3 is 0 Å². The average molecular weight is 234 g/mol. The van der Waals surface area contributed by atoms with Gasteiger partial charge in [-0.05, 0) is 18.6 Å². The lowest BCUT2D eigenvalue weighted by Crippen LogP contribution is -1.78. The van der Waals surface area contributed by atoms with E-state index in [1.54, 1.807) is 0 Å². The van der Waals surface area contributed by atoms with E-state index < -0.39 is 0 Å². The lowest BCUT2D eigenvalue weighted by Gasteiger charge is -1.98. The summed E-state index contributed by atoms with van der Waals surface area (Å²) in [4.78, 5) is 0.670. The van der Waals surface area contributed by atoms with Gasteiger partial charge in [0.1, 0.15) is 10.9 Å². The summed E-state index contributed by atoms with van der Waals surface area (Å²) in [6.45, 7) is 2.04. The van der Waals surface area contributed by atoms with Crippen LogP contribution in [0.25, 0.3) is 11.1 Å². The van der Waals surface area contributed by atoms with Crippen LogP contribution < -0.4 is 0 Å². The van der Waals surface area contributed by atoms with Crippen molar-refractivity contribution in [3.8, 4) is 17.2 Å². The SMILES string of the molecule is Cc1ccc(-c2cc(Cl)sc2C#N)cc1. The van der Waals surface area contributed by atoms with Crippen LogP contribution in [0.5, 0.6) is 0 Å². The van der Waals surface area contributed by atoms with E-state index in [4.69, 9.17) is 16.9 Å². The zero-order valence-corrected chi connectivity index (χ0v) is 9.69. The van der Waals surface area contributed by atoms with Crippen LogP contribution in [0, 0.1) is 18.3 Å². The fourth-order valence-electron chi connectivity index (χ4n) is 1.39. The molecule has 2 aromatic rings. The molecule has 3 heteroatoms. The molecule has 0 amide bonds. The Morgan fingerprint density at radius 2 is 1.93 bits per heavy atom. The van der Waals surface area contributed by atoms with Crippen molar-refractivity contribution >= 4 is 22.9 Å². The van der Waals surface area contributed by atoms with Crippen molar-refractivity contribution in [3.63, 3.8) is 0 Å². The third-order valence-electron chi connectivity index (χ3n) is 2.17. The first-order chi connectivity index (χ1) is 7.20. The molecule has 0 aliphatic heterocycles. The predicted octanol–water partition coefficient (Wildman–Crippen LogP) is 4.25. The van der Waals surface area contributed by atoms with Gasteiger partial charge in [-0.3, -0.25) is 0 Å². The molecular weight excluding hydrogens is 226 g/mol. The molecule has 1 aromatic heterocycles. The Morgan fingerprint density at radius 1 is 1.27 bits per heavy atom. The van der Waals surface area contributed by atoms with E-state index in [-0.39, 0.29) is 0 Å². The topological polar surface area (TPSA) is 23.8 Å². The minimum atomic E-state index is 0.655. The number of nitrogens with zero attached hydrogens (tertiary/aromatic N) is 1. The van der Waals surface area contributed by atoms with Crippen molar-refractivity contribution < 1.29 is 0 Å². The molecule has 0 unspecified atom stereocenters. The highest BCUT2D eigenvalue weighted by Crippen LogP contribution is 2.33. The van der Waals surface area contributed by atoms with E-state index in [1.165, 1.54) is 16.9 Å². The molecule has 0 radical (unpaired) electrons. The molecule has 2 rings (SSSR count). The first-order valence-corrected chi connectivity index (χ1v) is 5.66. The number of aryl methyl sites for hydroxylation is 1. The van der Waals surface area contributed by atoms with Gasteiger partial charge in [0.15, 0.2) is 0 Å². The van der Waals surface area contributed by atoms with E-state index in [1.807, 2.05) is 37.3 Å². The standard InChI is InChI=1S/C12H8ClNS/c1-8-2-4-9(5-3-8)10-6-12(13)15-11(10)7-14/h2-6H,1H3. The molecule has 0 aliphatic rings. The molecule has 74 valence electrons. The summed E-state index contributed by atoms with van der Waals surface area (Å²) < 4.78 is 0.655. The van der Waals surface area contributed by atoms with E-state index in [0.29, 0.717) is 9.21 Å². The predicted molar refractivity (Wildman–Crippen MR) is 64.2 cm³/mol. The minimum Gasteiger partial charge on any atom is -0.192 e. The van der Waals surface area contributed by atoms with Gasteiger partial charge in [0.2, 0.25) is 0 Å². The summed E-state index contributed by atoms with van der Waals surface area (Å²) in [6.07, 6.45) is 0. The van der Waals surface area contributed by atoms with Crippen LogP contribution in [0.3, 0.4) is 0 Å². The van der Waals surface area contributed by atoms with Crippen molar-refractivity contribution in [1.82, 2.24) is 0 Å². The van der Waals surface area contributed by atoms with Crippen LogP contribution in [0.15, 0.2) is 30.3 Å². The fourth-order valence-corrected chi connectivity index (χ4v) is 2.44. The Kier molecular flexibility index (Phi) is 2.77. The molecule has 1 aromatic carbocycles. The molecule has 0 saturated heterocycles. The van der Waals surface area contributed by atoms with Crippen molar-refractivity contribution in [2.24, 2.45) is 0 Å². The van der Waals surface area contributed by atoms with Gasteiger partial charge >= 0.3 is 0 Å². The normalized spacial score (nSPS) is 9.93. The van der Waals surface area contributed by atoms with Crippen LogP contribution in [-0.2, 0) is 0 Å². The van der Waals surface area contributed by atoms with E-state index in [0.717, 1.165) is 11.1 Å². The van der Waals surface area contributed by atoms with E-state index in [9.17, 15) is 0 Å². The van der Waals surface area contributed by atoms with Crippen molar-refractivity contribution in [2.45, 2.75) is 6.92 Å². The van der Waals surface area contributed by atoms with E-state index in [2.05, 4.69) is 6.07 Å². The summed E-state index contributed by atoms with van der Waals surface area (Å²) in [7, 11) is 0. The molecule has 0 N–H and O–H groups in total. The second kappa shape index (κ2) is 4.06. The van der Waals surface area contributed by atoms with Crippen LogP contribution in [0.1, 0.15) is 10.4 Å². The van der Waals surface area contributed by atoms with Crippen LogP contribution in [0.2, 0.25) is 4.34 Å². The molecule has 15 heavy (non-hydrogen) atoms. The number of rotatable bonds is 1. The highest BCUT2D eigenvalue weighted by molar-refractivity contribution is 7.17. The molecular formula is C12H8ClNS. The summed E-state index contributed by atoms with van der Waals surface area (Å²) in [5.41, 5.74) is 3.17. The Morgan fingerprint density at radius 3 is 2.53 bits per heavy atom. The van der Waals surface area contributed by atoms with Crippen molar-refractivity contribution in [2.75, 3.05) is 0 Å². The Hall–Kier alpha value is -1.30. The monoisotopic (exact) mass is 233 g/mol. The molecule has 1 nitrogen and oxygen atoms in total. The molecule has 0 bridgehead atoms. The Bertz CT molecular complexity index is 520. The summed E-state index contributed by atoms with van der Waals surface area (Å²) in [5, 5.41) is 8.95. The average Bonchev–Trinajstić information content (AvgIpc) is 2.61. The third-order valence-corrected chi connectivity index (χ3v) is 3.33. The number of benzene rings is 1. The molecule has 0 atom stereocenters. The van der Waals surface area contributed by atoms with Crippen LogP contribution in [-0.4, -0.2) is 0 Å². The van der Waals surface area contributed by atoms with Crippen LogP contribution >= 0.6 is 22.9 Å². The summed E-state index contributed by atoms with van der Waals surface area (Å²) in [6, 6.07) is 12.1. The maximum atomic E-state index is 8.95. The largest absolute Gasteiger partial charge is 0.192 e. The Balaban J connectivity index is 2.54. The van der Waals surface area contributed by atoms with E-state index >= 15 is 0 Å². The summed E-state index contributed by atoms with van der Waals surface area (Å²) >= 11 is 7.21.